The third-order valence-corrected chi connectivity index (χ3v) is 3.68. The monoisotopic (exact) mass is 356 g/mol. The maximum atomic E-state index is 11.8. The van der Waals surface area contributed by atoms with E-state index in [9.17, 15) is 25.0 Å². The van der Waals surface area contributed by atoms with Gasteiger partial charge in [0, 0.05) is 12.1 Å². The topological polar surface area (TPSA) is 150 Å². The fourth-order valence-corrected chi connectivity index (χ4v) is 2.61. The third kappa shape index (κ3) is 3.75. The van der Waals surface area contributed by atoms with Gasteiger partial charge in [-0.3, -0.25) is 10.1 Å². The molecule has 0 amide bonds. The predicted molar refractivity (Wildman–Crippen MR) is 75.3 cm³/mol. The van der Waals surface area contributed by atoms with Crippen LogP contribution in [0.25, 0.3) is 0 Å². The second-order valence-corrected chi connectivity index (χ2v) is 5.22. The summed E-state index contributed by atoms with van der Waals surface area (Å²) in [6.07, 6.45) is -4.17. The van der Waals surface area contributed by atoms with Crippen molar-refractivity contribution in [3.63, 3.8) is 0 Å². The molecule has 2 saturated heterocycles. The molecule has 12 heteroatoms. The minimum Gasteiger partial charge on any atom is -0.425 e. The lowest BCUT2D eigenvalue weighted by molar-refractivity contribution is -0.769. The summed E-state index contributed by atoms with van der Waals surface area (Å²) in [4.78, 5) is 36.6. The van der Waals surface area contributed by atoms with Crippen molar-refractivity contribution in [1.82, 2.24) is 0 Å². The Morgan fingerprint density at radius 1 is 1.04 bits per heavy atom. The number of nitro groups is 1. The molecule has 0 radical (unpaired) electrons. The van der Waals surface area contributed by atoms with E-state index >= 15 is 0 Å². The summed E-state index contributed by atoms with van der Waals surface area (Å²) in [5, 5.41) is 20.0. The van der Waals surface area contributed by atoms with Crippen LogP contribution in [-0.2, 0) is 19.0 Å². The van der Waals surface area contributed by atoms with Crippen molar-refractivity contribution < 1.29 is 38.6 Å². The molecule has 1 aromatic carbocycles. The van der Waals surface area contributed by atoms with Gasteiger partial charge in [-0.1, -0.05) is 0 Å². The lowest BCUT2D eigenvalue weighted by Crippen LogP contribution is -2.36. The number of hydrogen-bond donors (Lipinski definition) is 0. The highest BCUT2D eigenvalue weighted by molar-refractivity contribution is 5.64. The standard InChI is InChI=1S/C13H12N2O10/c16-13(23-8-3-1-7(2-4-8)14(17)18)24-9-5-21-12-10(25-15(19)20)6-22-11(9)12/h1-4,9-12H,5-6H2/t9-,10-,11+,12+/m0/s1. The van der Waals surface area contributed by atoms with E-state index in [1.54, 1.807) is 0 Å². The molecule has 0 unspecified atom stereocenters. The molecule has 0 aliphatic carbocycles. The van der Waals surface area contributed by atoms with Crippen molar-refractivity contribution in [2.75, 3.05) is 13.2 Å². The van der Waals surface area contributed by atoms with Crippen LogP contribution < -0.4 is 4.74 Å². The number of hydrogen-bond acceptors (Lipinski definition) is 10. The van der Waals surface area contributed by atoms with E-state index in [1.807, 2.05) is 0 Å². The lowest BCUT2D eigenvalue weighted by Gasteiger charge is -2.16. The van der Waals surface area contributed by atoms with Crippen LogP contribution in [0.5, 0.6) is 5.75 Å². The summed E-state index contributed by atoms with van der Waals surface area (Å²) in [5.74, 6) is 0.0629. The normalized spacial score (nSPS) is 27.4. The van der Waals surface area contributed by atoms with Crippen LogP contribution in [0.2, 0.25) is 0 Å². The summed E-state index contributed by atoms with van der Waals surface area (Å²) in [7, 11) is 0. The van der Waals surface area contributed by atoms with Crippen LogP contribution in [0.3, 0.4) is 0 Å². The zero-order valence-electron chi connectivity index (χ0n) is 12.5. The number of carbonyl (C=O) groups is 1. The van der Waals surface area contributed by atoms with E-state index in [0.717, 1.165) is 0 Å². The molecule has 0 N–H and O–H groups in total. The van der Waals surface area contributed by atoms with Gasteiger partial charge in [0.2, 0.25) is 0 Å². The molecular formula is C13H12N2O10. The molecule has 0 spiro atoms. The van der Waals surface area contributed by atoms with E-state index in [4.69, 9.17) is 18.9 Å². The largest absolute Gasteiger partial charge is 0.514 e. The van der Waals surface area contributed by atoms with Gasteiger partial charge in [0.05, 0.1) is 18.1 Å². The number of carbonyl (C=O) groups excluding carboxylic acids is 1. The van der Waals surface area contributed by atoms with Gasteiger partial charge in [-0.15, -0.1) is 10.1 Å². The highest BCUT2D eigenvalue weighted by Gasteiger charge is 2.51. The van der Waals surface area contributed by atoms with E-state index < -0.39 is 40.6 Å². The van der Waals surface area contributed by atoms with E-state index in [0.29, 0.717) is 0 Å². The number of ether oxygens (including phenoxy) is 4. The number of nitrogens with zero attached hydrogens (tertiary/aromatic N) is 2. The van der Waals surface area contributed by atoms with Gasteiger partial charge in [-0.2, -0.15) is 0 Å². The number of rotatable bonds is 5. The Balaban J connectivity index is 1.53. The molecule has 25 heavy (non-hydrogen) atoms. The quantitative estimate of drug-likeness (QED) is 0.321. The fraction of sp³-hybridized carbons (Fsp3) is 0.462. The van der Waals surface area contributed by atoms with Gasteiger partial charge in [0.1, 0.15) is 18.0 Å². The predicted octanol–water partition coefficient (Wildman–Crippen LogP) is 0.853. The molecule has 2 fully saturated rings. The first kappa shape index (κ1) is 16.9. The molecule has 1 aromatic rings. The Hall–Kier alpha value is -2.99. The van der Waals surface area contributed by atoms with Crippen molar-refractivity contribution in [2.24, 2.45) is 0 Å². The molecule has 2 aliphatic rings. The first-order valence-electron chi connectivity index (χ1n) is 7.11. The molecule has 0 bridgehead atoms. The van der Waals surface area contributed by atoms with Crippen molar-refractivity contribution in [2.45, 2.75) is 24.4 Å². The number of nitro benzene ring substituents is 1. The summed E-state index contributed by atoms with van der Waals surface area (Å²) in [6, 6.07) is 4.86. The lowest BCUT2D eigenvalue weighted by atomic mass is 10.1. The molecule has 0 saturated carbocycles. The Labute approximate surface area is 139 Å². The van der Waals surface area contributed by atoms with Gasteiger partial charge in [0.15, 0.2) is 12.2 Å². The zero-order valence-corrected chi connectivity index (χ0v) is 12.5. The zero-order chi connectivity index (χ0) is 18.0. The van der Waals surface area contributed by atoms with Gasteiger partial charge in [-0.25, -0.2) is 4.79 Å². The van der Waals surface area contributed by atoms with Crippen molar-refractivity contribution in [1.29, 1.82) is 0 Å². The highest BCUT2D eigenvalue weighted by atomic mass is 17.0. The van der Waals surface area contributed by atoms with Crippen LogP contribution in [-0.4, -0.2) is 53.8 Å². The molecule has 3 rings (SSSR count). The van der Waals surface area contributed by atoms with Crippen LogP contribution in [0, 0.1) is 20.2 Å². The number of benzene rings is 1. The second-order valence-electron chi connectivity index (χ2n) is 5.22. The Kier molecular flexibility index (Phi) is 4.63. The van der Waals surface area contributed by atoms with Gasteiger partial charge in [0.25, 0.3) is 10.8 Å². The average Bonchev–Trinajstić information content (AvgIpc) is 3.11. The molecular weight excluding hydrogens is 344 g/mol. The summed E-state index contributed by atoms with van der Waals surface area (Å²) >= 11 is 0. The van der Waals surface area contributed by atoms with Gasteiger partial charge < -0.3 is 23.8 Å². The number of non-ortho nitro benzene ring substituents is 1. The van der Waals surface area contributed by atoms with Crippen LogP contribution >= 0.6 is 0 Å². The average molecular weight is 356 g/mol. The van der Waals surface area contributed by atoms with E-state index in [-0.39, 0.29) is 24.7 Å². The van der Waals surface area contributed by atoms with Crippen LogP contribution in [0.1, 0.15) is 0 Å². The van der Waals surface area contributed by atoms with Crippen molar-refractivity contribution >= 4 is 11.8 Å². The minimum atomic E-state index is -1.05. The molecule has 2 aliphatic heterocycles. The molecule has 12 nitrogen and oxygen atoms in total. The third-order valence-electron chi connectivity index (χ3n) is 3.68. The second kappa shape index (κ2) is 6.86. The highest BCUT2D eigenvalue weighted by Crippen LogP contribution is 2.31. The molecule has 4 atom stereocenters. The van der Waals surface area contributed by atoms with Crippen LogP contribution in [0.4, 0.5) is 10.5 Å². The molecule has 2 heterocycles. The number of fused-ring (bicyclic) bond motifs is 1. The Morgan fingerprint density at radius 2 is 1.64 bits per heavy atom. The SMILES string of the molecule is O=C(Oc1ccc([N+](=O)[O-])cc1)O[C@H]1CO[C@H]2[C@@H]1OC[C@@H]2O[N+](=O)[O-]. The van der Waals surface area contributed by atoms with Crippen molar-refractivity contribution in [3.05, 3.63) is 44.5 Å². The molecule has 0 aromatic heterocycles. The maximum Gasteiger partial charge on any atom is 0.514 e. The summed E-state index contributed by atoms with van der Waals surface area (Å²) < 4.78 is 20.7. The minimum absolute atomic E-state index is 0.0255. The first-order chi connectivity index (χ1) is 11.9. The molecule has 134 valence electrons. The Bertz CT molecular complexity index is 678. The smallest absolute Gasteiger partial charge is 0.425 e. The van der Waals surface area contributed by atoms with Crippen LogP contribution in [0.15, 0.2) is 24.3 Å². The summed E-state index contributed by atoms with van der Waals surface area (Å²) in [6.45, 7) is -0.0875. The van der Waals surface area contributed by atoms with E-state index in [1.165, 1.54) is 24.3 Å². The summed E-state index contributed by atoms with van der Waals surface area (Å²) in [5.41, 5.74) is -0.149. The fourth-order valence-electron chi connectivity index (χ4n) is 2.61. The van der Waals surface area contributed by atoms with E-state index in [2.05, 4.69) is 4.84 Å². The van der Waals surface area contributed by atoms with Gasteiger partial charge >= 0.3 is 6.16 Å². The Morgan fingerprint density at radius 3 is 2.24 bits per heavy atom. The van der Waals surface area contributed by atoms with Gasteiger partial charge in [-0.05, 0) is 12.1 Å². The first-order valence-corrected chi connectivity index (χ1v) is 7.11. The maximum absolute atomic E-state index is 11.8. The van der Waals surface area contributed by atoms with Crippen molar-refractivity contribution in [3.8, 4) is 5.75 Å².